The predicted molar refractivity (Wildman–Crippen MR) is 80.4 cm³/mol. The van der Waals surface area contributed by atoms with E-state index in [0.717, 1.165) is 16.3 Å². The molecule has 0 saturated carbocycles. The molecule has 0 saturated heterocycles. The standard InChI is InChI=1S/C17H10N2O2/c1-18-15-6-3-9-19-16(15)13-5-2-4-11-7-8-12(17(20)21)10-14(11)13/h2-10H,(H,20,21). The van der Waals surface area contributed by atoms with Crippen molar-refractivity contribution >= 4 is 22.4 Å². The summed E-state index contributed by atoms with van der Waals surface area (Å²) in [6.07, 6.45) is 1.63. The largest absolute Gasteiger partial charge is 0.478 e. The third-order valence-corrected chi connectivity index (χ3v) is 3.29. The maximum absolute atomic E-state index is 11.2. The van der Waals surface area contributed by atoms with Crippen LogP contribution in [0.15, 0.2) is 54.7 Å². The zero-order valence-corrected chi connectivity index (χ0v) is 10.9. The Balaban J connectivity index is 2.35. The Kier molecular flexibility index (Phi) is 3.09. The van der Waals surface area contributed by atoms with Crippen molar-refractivity contribution in [3.63, 3.8) is 0 Å². The van der Waals surface area contributed by atoms with Crippen molar-refractivity contribution in [2.24, 2.45) is 0 Å². The number of rotatable bonds is 2. The first kappa shape index (κ1) is 12.8. The van der Waals surface area contributed by atoms with E-state index in [1.54, 1.807) is 36.5 Å². The summed E-state index contributed by atoms with van der Waals surface area (Å²) in [6.45, 7) is 7.24. The van der Waals surface area contributed by atoms with Crippen LogP contribution in [0.5, 0.6) is 0 Å². The molecule has 21 heavy (non-hydrogen) atoms. The van der Waals surface area contributed by atoms with E-state index >= 15 is 0 Å². The van der Waals surface area contributed by atoms with E-state index in [-0.39, 0.29) is 5.56 Å². The number of aromatic nitrogens is 1. The predicted octanol–water partition coefficient (Wildman–Crippen LogP) is 4.15. The Hall–Kier alpha value is -3.19. The lowest BCUT2D eigenvalue weighted by Gasteiger charge is -2.08. The first-order valence-corrected chi connectivity index (χ1v) is 6.29. The van der Waals surface area contributed by atoms with Gasteiger partial charge in [0.25, 0.3) is 0 Å². The van der Waals surface area contributed by atoms with Crippen LogP contribution >= 0.6 is 0 Å². The summed E-state index contributed by atoms with van der Waals surface area (Å²) < 4.78 is 0. The molecule has 3 rings (SSSR count). The molecule has 0 aliphatic rings. The molecule has 2 aromatic carbocycles. The molecule has 0 spiro atoms. The van der Waals surface area contributed by atoms with Gasteiger partial charge in [0, 0.05) is 6.20 Å². The SMILES string of the molecule is [C-]#[N+]c1cccnc1-c1cccc2ccc(C(=O)O)cc12. The van der Waals surface area contributed by atoms with E-state index in [4.69, 9.17) is 11.7 Å². The Morgan fingerprint density at radius 1 is 1.14 bits per heavy atom. The van der Waals surface area contributed by atoms with Crippen LogP contribution < -0.4 is 0 Å². The molecule has 0 radical (unpaired) electrons. The highest BCUT2D eigenvalue weighted by Crippen LogP contribution is 2.33. The first-order chi connectivity index (χ1) is 10.2. The van der Waals surface area contributed by atoms with E-state index in [1.807, 2.05) is 18.2 Å². The molecule has 0 unspecified atom stereocenters. The topological polar surface area (TPSA) is 54.5 Å². The number of hydrogen-bond donors (Lipinski definition) is 1. The second-order valence-corrected chi connectivity index (χ2v) is 4.53. The van der Waals surface area contributed by atoms with Crippen molar-refractivity contribution in [2.45, 2.75) is 0 Å². The number of nitrogens with zero attached hydrogens (tertiary/aromatic N) is 2. The number of carboxylic acids is 1. The quantitative estimate of drug-likeness (QED) is 0.714. The van der Waals surface area contributed by atoms with Gasteiger partial charge in [-0.3, -0.25) is 4.98 Å². The maximum Gasteiger partial charge on any atom is 0.335 e. The van der Waals surface area contributed by atoms with Gasteiger partial charge in [-0.2, -0.15) is 0 Å². The Bertz CT molecular complexity index is 895. The van der Waals surface area contributed by atoms with Crippen molar-refractivity contribution in [2.75, 3.05) is 0 Å². The minimum atomic E-state index is -0.974. The smallest absolute Gasteiger partial charge is 0.335 e. The average molecular weight is 274 g/mol. The van der Waals surface area contributed by atoms with Gasteiger partial charge in [0.2, 0.25) is 5.69 Å². The first-order valence-electron chi connectivity index (χ1n) is 6.29. The maximum atomic E-state index is 11.2. The van der Waals surface area contributed by atoms with Crippen molar-refractivity contribution in [3.8, 4) is 11.3 Å². The van der Waals surface area contributed by atoms with Crippen molar-refractivity contribution in [3.05, 3.63) is 71.7 Å². The monoisotopic (exact) mass is 274 g/mol. The molecule has 1 aromatic heterocycles. The number of carboxylic acid groups (broad SMARTS) is 1. The molecule has 4 nitrogen and oxygen atoms in total. The molecule has 0 aliphatic carbocycles. The van der Waals surface area contributed by atoms with Crippen molar-refractivity contribution in [1.82, 2.24) is 4.98 Å². The van der Waals surface area contributed by atoms with Gasteiger partial charge in [0.15, 0.2) is 0 Å². The minimum Gasteiger partial charge on any atom is -0.478 e. The van der Waals surface area contributed by atoms with Gasteiger partial charge < -0.3 is 5.11 Å². The number of benzene rings is 2. The molecule has 100 valence electrons. The fourth-order valence-electron chi connectivity index (χ4n) is 2.31. The lowest BCUT2D eigenvalue weighted by molar-refractivity contribution is 0.0697. The second-order valence-electron chi connectivity index (χ2n) is 4.53. The molecule has 3 aromatic rings. The van der Waals surface area contributed by atoms with Crippen LogP contribution in [0.3, 0.4) is 0 Å². The molecule has 0 aliphatic heterocycles. The molecule has 0 fully saturated rings. The molecule has 1 heterocycles. The molecular formula is C17H10N2O2. The van der Waals surface area contributed by atoms with Gasteiger partial charge in [-0.05, 0) is 28.5 Å². The number of hydrogen-bond acceptors (Lipinski definition) is 2. The van der Waals surface area contributed by atoms with E-state index in [2.05, 4.69) is 9.83 Å². The molecule has 1 N–H and O–H groups in total. The van der Waals surface area contributed by atoms with Gasteiger partial charge >= 0.3 is 5.97 Å². The summed E-state index contributed by atoms with van der Waals surface area (Å²) in [6, 6.07) is 14.0. The van der Waals surface area contributed by atoms with Crippen LogP contribution in [0.1, 0.15) is 10.4 Å². The van der Waals surface area contributed by atoms with Gasteiger partial charge in [0.1, 0.15) is 0 Å². The highest BCUT2D eigenvalue weighted by atomic mass is 16.4. The zero-order chi connectivity index (χ0) is 14.8. The van der Waals surface area contributed by atoms with Crippen molar-refractivity contribution < 1.29 is 9.90 Å². The van der Waals surface area contributed by atoms with Crippen LogP contribution in [-0.4, -0.2) is 16.1 Å². The lowest BCUT2D eigenvalue weighted by Crippen LogP contribution is -1.96. The number of pyridine rings is 1. The Morgan fingerprint density at radius 3 is 2.76 bits per heavy atom. The number of carbonyl (C=O) groups is 1. The summed E-state index contributed by atoms with van der Waals surface area (Å²) in [5.41, 5.74) is 2.00. The normalized spacial score (nSPS) is 10.2. The van der Waals surface area contributed by atoms with Crippen LogP contribution in [0.25, 0.3) is 26.9 Å². The highest BCUT2D eigenvalue weighted by molar-refractivity contribution is 6.02. The zero-order valence-electron chi connectivity index (χ0n) is 10.9. The second kappa shape index (κ2) is 5.06. The summed E-state index contributed by atoms with van der Waals surface area (Å²) in [5, 5.41) is 10.8. The fourth-order valence-corrected chi connectivity index (χ4v) is 2.31. The van der Waals surface area contributed by atoms with Crippen LogP contribution in [0.2, 0.25) is 0 Å². The van der Waals surface area contributed by atoms with Crippen LogP contribution in [0.4, 0.5) is 5.69 Å². The molecule has 0 bridgehead atoms. The summed E-state index contributed by atoms with van der Waals surface area (Å²) in [4.78, 5) is 18.9. The number of aromatic carboxylic acids is 1. The van der Waals surface area contributed by atoms with Gasteiger partial charge in [-0.15, -0.1) is 0 Å². The average Bonchev–Trinajstić information content (AvgIpc) is 2.53. The molecule has 4 heteroatoms. The van der Waals surface area contributed by atoms with E-state index in [9.17, 15) is 4.79 Å². The lowest BCUT2D eigenvalue weighted by atomic mass is 9.99. The summed E-state index contributed by atoms with van der Waals surface area (Å²) in [5.74, 6) is -0.974. The van der Waals surface area contributed by atoms with E-state index in [0.29, 0.717) is 11.4 Å². The molecule has 0 atom stereocenters. The number of fused-ring (bicyclic) bond motifs is 1. The molecular weight excluding hydrogens is 264 g/mol. The Morgan fingerprint density at radius 2 is 2.00 bits per heavy atom. The van der Waals surface area contributed by atoms with Crippen molar-refractivity contribution in [1.29, 1.82) is 0 Å². The van der Waals surface area contributed by atoms with E-state index < -0.39 is 5.97 Å². The third-order valence-electron chi connectivity index (χ3n) is 3.29. The summed E-state index contributed by atoms with van der Waals surface area (Å²) >= 11 is 0. The Labute approximate surface area is 121 Å². The third kappa shape index (κ3) is 2.21. The van der Waals surface area contributed by atoms with Gasteiger partial charge in [-0.1, -0.05) is 36.4 Å². The van der Waals surface area contributed by atoms with Gasteiger partial charge in [0.05, 0.1) is 17.8 Å². The molecule has 0 amide bonds. The summed E-state index contributed by atoms with van der Waals surface area (Å²) in [7, 11) is 0. The highest BCUT2D eigenvalue weighted by Gasteiger charge is 2.11. The van der Waals surface area contributed by atoms with Crippen LogP contribution in [0, 0.1) is 6.57 Å². The van der Waals surface area contributed by atoms with Crippen LogP contribution in [-0.2, 0) is 0 Å². The van der Waals surface area contributed by atoms with Gasteiger partial charge in [-0.25, -0.2) is 9.64 Å². The fraction of sp³-hybridized carbons (Fsp3) is 0. The minimum absolute atomic E-state index is 0.218. The van der Waals surface area contributed by atoms with E-state index in [1.165, 1.54) is 0 Å².